The predicted octanol–water partition coefficient (Wildman–Crippen LogP) is 5.18. The summed E-state index contributed by atoms with van der Waals surface area (Å²) in [5.74, 6) is 0.809. The molecule has 0 aliphatic carbocycles. The van der Waals surface area contributed by atoms with Crippen molar-refractivity contribution in [1.29, 1.82) is 5.26 Å². The Balaban J connectivity index is 1.18. The van der Waals surface area contributed by atoms with E-state index in [0.29, 0.717) is 29.4 Å². The molecule has 2 aromatic rings. The number of rotatable bonds is 6. The van der Waals surface area contributed by atoms with E-state index in [-0.39, 0.29) is 52.2 Å². The second-order valence-electron chi connectivity index (χ2n) is 13.4. The molecule has 3 saturated heterocycles. The van der Waals surface area contributed by atoms with Crippen LogP contribution in [0.5, 0.6) is 11.5 Å². The van der Waals surface area contributed by atoms with Gasteiger partial charge in [0.05, 0.1) is 16.3 Å². The highest BCUT2D eigenvalue weighted by Crippen LogP contribution is 2.48. The van der Waals surface area contributed by atoms with Crippen LogP contribution in [0.25, 0.3) is 0 Å². The molecule has 11 heteroatoms. The van der Waals surface area contributed by atoms with E-state index < -0.39 is 0 Å². The van der Waals surface area contributed by atoms with Gasteiger partial charge < -0.3 is 25.6 Å². The Hall–Kier alpha value is -4.27. The summed E-state index contributed by atoms with van der Waals surface area (Å²) in [4.78, 5) is 44.7. The van der Waals surface area contributed by atoms with E-state index in [2.05, 4.69) is 22.0 Å². The molecule has 0 bridgehead atoms. The fourth-order valence-corrected chi connectivity index (χ4v) is 8.16. The van der Waals surface area contributed by atoms with Crippen molar-refractivity contribution >= 4 is 35.3 Å². The highest BCUT2D eigenvalue weighted by Gasteiger charge is 2.52. The minimum absolute atomic E-state index is 0.0521. The molecule has 6 rings (SSSR count). The molecular formula is C35H40N6O4S. The zero-order valence-corrected chi connectivity index (χ0v) is 27.4. The lowest BCUT2D eigenvalue weighted by molar-refractivity contribution is -0.129. The summed E-state index contributed by atoms with van der Waals surface area (Å²) in [5.41, 5.74) is 2.22. The fourth-order valence-electron chi connectivity index (χ4n) is 6.76. The number of hydrogen-bond acceptors (Lipinski definition) is 7. The van der Waals surface area contributed by atoms with Crippen LogP contribution in [0.2, 0.25) is 0 Å². The summed E-state index contributed by atoms with van der Waals surface area (Å²) in [6.45, 7) is 9.42. The molecule has 4 aliphatic heterocycles. The second kappa shape index (κ2) is 12.9. The molecule has 4 atom stereocenters. The molecule has 0 spiro atoms. The second-order valence-corrected chi connectivity index (χ2v) is 14.5. The van der Waals surface area contributed by atoms with Crippen molar-refractivity contribution in [1.82, 2.24) is 20.9 Å². The number of ether oxygens (including phenoxy) is 1. The van der Waals surface area contributed by atoms with E-state index in [4.69, 9.17) is 4.74 Å². The van der Waals surface area contributed by atoms with Gasteiger partial charge in [-0.1, -0.05) is 56.8 Å². The first-order valence-corrected chi connectivity index (χ1v) is 16.7. The molecule has 2 aromatic carbocycles. The lowest BCUT2D eigenvalue weighted by Crippen LogP contribution is -2.62. The highest BCUT2D eigenvalue weighted by molar-refractivity contribution is 8.04. The first-order valence-electron chi connectivity index (χ1n) is 15.8. The number of thioether (sulfide) groups is 1. The number of nitrogens with one attached hydrogen (secondary N) is 3. The first-order chi connectivity index (χ1) is 22.0. The summed E-state index contributed by atoms with van der Waals surface area (Å²) in [6.07, 6.45) is 3.90. The van der Waals surface area contributed by atoms with Crippen molar-refractivity contribution in [3.63, 3.8) is 0 Å². The molecule has 3 N–H and O–H groups in total. The van der Waals surface area contributed by atoms with Gasteiger partial charge in [0.25, 0.3) is 11.8 Å². The number of para-hydroxylation sites is 1. The minimum Gasteiger partial charge on any atom is -0.457 e. The number of allylic oxidation sites excluding steroid dienone is 1. The maximum Gasteiger partial charge on any atom is 0.326 e. The Labute approximate surface area is 274 Å². The SMILES string of the molecule is Cc1cc(Oc2ccccc2)ccc1N1C(=O)NC2=C(C(=O)N[C@H]3CCCN(C(=O)/C(C#N)=C/C(C)(C)C)C3)SC3NCCC1C23. The van der Waals surface area contributed by atoms with Crippen LogP contribution in [-0.2, 0) is 9.59 Å². The Bertz CT molecular complexity index is 1640. The Kier molecular flexibility index (Phi) is 8.86. The van der Waals surface area contributed by atoms with Crippen LogP contribution in [0.1, 0.15) is 45.6 Å². The smallest absolute Gasteiger partial charge is 0.326 e. The van der Waals surface area contributed by atoms with Gasteiger partial charge >= 0.3 is 6.03 Å². The third-order valence-electron chi connectivity index (χ3n) is 8.73. The summed E-state index contributed by atoms with van der Waals surface area (Å²) >= 11 is 1.46. The van der Waals surface area contributed by atoms with Crippen molar-refractivity contribution in [2.75, 3.05) is 24.5 Å². The number of aryl methyl sites for hydroxylation is 1. The Morgan fingerprint density at radius 1 is 1.13 bits per heavy atom. The van der Waals surface area contributed by atoms with Gasteiger partial charge in [-0.2, -0.15) is 5.26 Å². The number of hydrogen-bond donors (Lipinski definition) is 3. The van der Waals surface area contributed by atoms with E-state index in [1.54, 1.807) is 11.0 Å². The molecule has 4 amide bonds. The van der Waals surface area contributed by atoms with E-state index >= 15 is 0 Å². The van der Waals surface area contributed by atoms with Crippen molar-refractivity contribution in [3.8, 4) is 17.6 Å². The van der Waals surface area contributed by atoms with E-state index in [9.17, 15) is 19.6 Å². The number of carbonyl (C=O) groups excluding carboxylic acids is 3. The van der Waals surface area contributed by atoms with Crippen molar-refractivity contribution in [2.45, 2.75) is 64.4 Å². The van der Waals surface area contributed by atoms with Gasteiger partial charge in [-0.3, -0.25) is 14.5 Å². The molecule has 3 fully saturated rings. The van der Waals surface area contributed by atoms with Crippen LogP contribution in [0.3, 0.4) is 0 Å². The number of benzene rings is 2. The quantitative estimate of drug-likeness (QED) is 0.293. The van der Waals surface area contributed by atoms with E-state index in [1.165, 1.54) is 11.8 Å². The molecule has 4 heterocycles. The van der Waals surface area contributed by atoms with Gasteiger partial charge in [0.2, 0.25) is 0 Å². The lowest BCUT2D eigenvalue weighted by atomic mass is 9.86. The maximum absolute atomic E-state index is 13.7. The molecule has 4 aliphatic rings. The number of amides is 4. The molecule has 0 radical (unpaired) electrons. The standard InChI is InChI=1S/C35H40N6O4S/c1-21-17-25(45-24-10-6-5-7-11-24)12-13-26(21)41-27-14-15-37-32-28(27)29(39-34(41)44)30(46-32)31(42)38-23-9-8-16-40(20-23)33(43)22(19-36)18-35(2,3)4/h5-7,10-13,17-18,23,27-28,32,37H,8-9,14-16,20H2,1-4H3,(H,38,42)(H,39,44)/b22-18+/t23-,27?,28?,32?/m0/s1. The largest absolute Gasteiger partial charge is 0.457 e. The number of carbonyl (C=O) groups is 3. The van der Waals surface area contributed by atoms with Crippen molar-refractivity contribution < 1.29 is 19.1 Å². The molecule has 240 valence electrons. The van der Waals surface area contributed by atoms with Crippen LogP contribution < -0.4 is 25.6 Å². The van der Waals surface area contributed by atoms with Gasteiger partial charge in [-0.05, 0) is 74.0 Å². The predicted molar refractivity (Wildman–Crippen MR) is 178 cm³/mol. The molecule has 46 heavy (non-hydrogen) atoms. The van der Waals surface area contributed by atoms with Gasteiger partial charge in [-0.25, -0.2) is 4.79 Å². The number of urea groups is 1. The summed E-state index contributed by atoms with van der Waals surface area (Å²) < 4.78 is 6.01. The third-order valence-corrected chi connectivity index (χ3v) is 10.1. The zero-order chi connectivity index (χ0) is 32.6. The third kappa shape index (κ3) is 6.50. The number of nitrogens with zero attached hydrogens (tertiary/aromatic N) is 3. The topological polar surface area (TPSA) is 127 Å². The Morgan fingerprint density at radius 2 is 1.91 bits per heavy atom. The molecule has 0 aromatic heterocycles. The Morgan fingerprint density at radius 3 is 2.63 bits per heavy atom. The van der Waals surface area contributed by atoms with Crippen LogP contribution in [0, 0.1) is 29.6 Å². The van der Waals surface area contributed by atoms with Crippen molar-refractivity contribution in [3.05, 3.63) is 76.3 Å². The summed E-state index contributed by atoms with van der Waals surface area (Å²) in [5, 5.41) is 19.3. The summed E-state index contributed by atoms with van der Waals surface area (Å²) in [6, 6.07) is 16.8. The van der Waals surface area contributed by atoms with Gasteiger partial charge in [-0.15, -0.1) is 0 Å². The van der Waals surface area contributed by atoms with Gasteiger partial charge in [0, 0.05) is 36.4 Å². The molecular weight excluding hydrogens is 600 g/mol. The normalized spacial score (nSPS) is 24.6. The fraction of sp³-hybridized carbons (Fsp3) is 0.429. The number of likely N-dealkylation sites (tertiary alicyclic amines) is 1. The monoisotopic (exact) mass is 640 g/mol. The van der Waals surface area contributed by atoms with Gasteiger partial charge in [0.1, 0.15) is 23.1 Å². The van der Waals surface area contributed by atoms with E-state index in [1.807, 2.05) is 81.1 Å². The number of piperidine rings is 2. The van der Waals surface area contributed by atoms with E-state index in [0.717, 1.165) is 42.8 Å². The molecule has 3 unspecified atom stereocenters. The minimum atomic E-state index is -0.306. The molecule has 0 saturated carbocycles. The van der Waals surface area contributed by atoms with Crippen LogP contribution in [-0.4, -0.2) is 59.8 Å². The number of nitriles is 1. The van der Waals surface area contributed by atoms with Crippen LogP contribution in [0.15, 0.2) is 70.8 Å². The average molecular weight is 641 g/mol. The maximum atomic E-state index is 13.7. The zero-order valence-electron chi connectivity index (χ0n) is 26.6. The first kappa shape index (κ1) is 31.7. The van der Waals surface area contributed by atoms with Crippen molar-refractivity contribution in [2.24, 2.45) is 11.3 Å². The summed E-state index contributed by atoms with van der Waals surface area (Å²) in [7, 11) is 0. The van der Waals surface area contributed by atoms with Gasteiger partial charge in [0.15, 0.2) is 0 Å². The van der Waals surface area contributed by atoms with Crippen LogP contribution in [0.4, 0.5) is 10.5 Å². The van der Waals surface area contributed by atoms with Crippen LogP contribution >= 0.6 is 11.8 Å². The molecule has 10 nitrogen and oxygen atoms in total. The number of anilines is 1. The average Bonchev–Trinajstić information content (AvgIpc) is 3.40. The highest BCUT2D eigenvalue weighted by atomic mass is 32.2. The lowest BCUT2D eigenvalue weighted by Gasteiger charge is -2.46.